The summed E-state index contributed by atoms with van der Waals surface area (Å²) < 4.78 is 5.79. The molecule has 0 fully saturated rings. The van der Waals surface area contributed by atoms with E-state index in [1.807, 2.05) is 26.0 Å². The summed E-state index contributed by atoms with van der Waals surface area (Å²) in [5.41, 5.74) is 1.52. The largest absolute Gasteiger partial charge is 0.487 e. The van der Waals surface area contributed by atoms with Gasteiger partial charge in [0.25, 0.3) is 0 Å². The molecular weight excluding hydrogens is 284 g/mol. The molecule has 2 N–H and O–H groups in total. The van der Waals surface area contributed by atoms with Crippen LogP contribution in [0.4, 0.5) is 10.5 Å². The zero-order valence-electron chi connectivity index (χ0n) is 13.3. The van der Waals surface area contributed by atoms with Crippen LogP contribution in [0.15, 0.2) is 18.2 Å². The summed E-state index contributed by atoms with van der Waals surface area (Å²) in [7, 11) is 1.58. The van der Waals surface area contributed by atoms with Crippen LogP contribution in [0.5, 0.6) is 5.75 Å². The maximum absolute atomic E-state index is 12.1. The van der Waals surface area contributed by atoms with Gasteiger partial charge in [-0.1, -0.05) is 6.92 Å². The number of urea groups is 1. The second kappa shape index (κ2) is 5.87. The number of ether oxygens (including phenoxy) is 1. The van der Waals surface area contributed by atoms with E-state index in [-0.39, 0.29) is 18.2 Å². The highest BCUT2D eigenvalue weighted by molar-refractivity contribution is 5.89. The quantitative estimate of drug-likeness (QED) is 0.896. The van der Waals surface area contributed by atoms with Gasteiger partial charge in [0.05, 0.1) is 5.92 Å². The molecule has 0 saturated heterocycles. The number of carboxylic acids is 1. The minimum atomic E-state index is -0.920. The SMILES string of the molecule is CC(CN(C)C(=O)Nc1ccc2c(c1)CC(C)(C)O2)C(=O)O. The number of carboxylic acid groups (broad SMARTS) is 1. The molecule has 0 aromatic heterocycles. The number of benzene rings is 1. The van der Waals surface area contributed by atoms with Gasteiger partial charge in [0.2, 0.25) is 0 Å². The Kier molecular flexibility index (Phi) is 4.30. The second-order valence-corrected chi connectivity index (χ2v) is 6.41. The molecule has 0 spiro atoms. The van der Waals surface area contributed by atoms with Crippen LogP contribution in [0, 0.1) is 5.92 Å². The number of amides is 2. The van der Waals surface area contributed by atoms with Crippen molar-refractivity contribution in [1.82, 2.24) is 4.90 Å². The number of nitrogens with one attached hydrogen (secondary N) is 1. The first-order valence-corrected chi connectivity index (χ1v) is 7.25. The molecule has 0 bridgehead atoms. The third-order valence-electron chi connectivity index (χ3n) is 3.63. The number of carbonyl (C=O) groups excluding carboxylic acids is 1. The molecule has 0 radical (unpaired) electrons. The Morgan fingerprint density at radius 1 is 1.45 bits per heavy atom. The molecule has 1 aromatic carbocycles. The Bertz CT molecular complexity index is 598. The van der Waals surface area contributed by atoms with Crippen LogP contribution in [-0.2, 0) is 11.2 Å². The smallest absolute Gasteiger partial charge is 0.321 e. The van der Waals surface area contributed by atoms with Crippen molar-refractivity contribution in [2.75, 3.05) is 18.9 Å². The molecule has 0 aliphatic carbocycles. The van der Waals surface area contributed by atoms with Gasteiger partial charge < -0.3 is 20.1 Å². The van der Waals surface area contributed by atoms with Gasteiger partial charge in [-0.15, -0.1) is 0 Å². The number of carbonyl (C=O) groups is 2. The number of hydrogen-bond acceptors (Lipinski definition) is 3. The topological polar surface area (TPSA) is 78.9 Å². The summed E-state index contributed by atoms with van der Waals surface area (Å²) in [5.74, 6) is -0.683. The van der Waals surface area contributed by atoms with Crippen molar-refractivity contribution in [2.24, 2.45) is 5.92 Å². The first kappa shape index (κ1) is 16.1. The first-order valence-electron chi connectivity index (χ1n) is 7.25. The number of aliphatic carboxylic acids is 1. The molecule has 1 atom stereocenters. The predicted molar refractivity (Wildman–Crippen MR) is 83.3 cm³/mol. The average Bonchev–Trinajstić information content (AvgIpc) is 2.71. The van der Waals surface area contributed by atoms with E-state index in [1.54, 1.807) is 20.0 Å². The van der Waals surface area contributed by atoms with Gasteiger partial charge in [0.1, 0.15) is 11.4 Å². The Morgan fingerprint density at radius 3 is 2.77 bits per heavy atom. The summed E-state index contributed by atoms with van der Waals surface area (Å²) in [4.78, 5) is 24.3. The van der Waals surface area contributed by atoms with Gasteiger partial charge in [0.15, 0.2) is 0 Å². The molecular formula is C16H22N2O4. The maximum Gasteiger partial charge on any atom is 0.321 e. The van der Waals surface area contributed by atoms with Crippen molar-refractivity contribution in [3.8, 4) is 5.75 Å². The molecule has 1 unspecified atom stereocenters. The summed E-state index contributed by atoms with van der Waals surface area (Å²) in [6.07, 6.45) is 0.790. The van der Waals surface area contributed by atoms with Gasteiger partial charge in [-0.25, -0.2) is 4.79 Å². The van der Waals surface area contributed by atoms with Crippen LogP contribution in [-0.4, -0.2) is 41.2 Å². The van der Waals surface area contributed by atoms with Gasteiger partial charge >= 0.3 is 12.0 Å². The normalized spacial score (nSPS) is 16.4. The third-order valence-corrected chi connectivity index (χ3v) is 3.63. The predicted octanol–water partition coefficient (Wildman–Crippen LogP) is 2.58. The standard InChI is InChI=1S/C16H22N2O4/c1-10(14(19)20)9-18(4)15(21)17-12-5-6-13-11(7-12)8-16(2,3)22-13/h5-7,10H,8-9H2,1-4H3,(H,17,21)(H,19,20). The molecule has 1 aliphatic rings. The van der Waals surface area contributed by atoms with Crippen molar-refractivity contribution >= 4 is 17.7 Å². The van der Waals surface area contributed by atoms with Crippen molar-refractivity contribution in [3.05, 3.63) is 23.8 Å². The van der Waals surface area contributed by atoms with Gasteiger partial charge in [-0.2, -0.15) is 0 Å². The Morgan fingerprint density at radius 2 is 2.14 bits per heavy atom. The van der Waals surface area contributed by atoms with E-state index in [1.165, 1.54) is 4.90 Å². The monoisotopic (exact) mass is 306 g/mol. The molecule has 22 heavy (non-hydrogen) atoms. The van der Waals surface area contributed by atoms with Crippen molar-refractivity contribution < 1.29 is 19.4 Å². The van der Waals surface area contributed by atoms with Crippen LogP contribution >= 0.6 is 0 Å². The van der Waals surface area contributed by atoms with E-state index < -0.39 is 11.9 Å². The van der Waals surface area contributed by atoms with Crippen LogP contribution in [0.2, 0.25) is 0 Å². The lowest BCUT2D eigenvalue weighted by molar-refractivity contribution is -0.141. The highest BCUT2D eigenvalue weighted by Gasteiger charge is 2.30. The Hall–Kier alpha value is -2.24. The highest BCUT2D eigenvalue weighted by Crippen LogP contribution is 2.36. The minimum Gasteiger partial charge on any atom is -0.487 e. The number of anilines is 1. The van der Waals surface area contributed by atoms with E-state index >= 15 is 0 Å². The zero-order valence-corrected chi connectivity index (χ0v) is 13.3. The van der Waals surface area contributed by atoms with Gasteiger partial charge in [-0.3, -0.25) is 4.79 Å². The Balaban J connectivity index is 2.00. The minimum absolute atomic E-state index is 0.155. The van der Waals surface area contributed by atoms with Gasteiger partial charge in [-0.05, 0) is 32.0 Å². The molecule has 6 nitrogen and oxygen atoms in total. The lowest BCUT2D eigenvalue weighted by Crippen LogP contribution is -2.36. The van der Waals surface area contributed by atoms with Crippen molar-refractivity contribution in [3.63, 3.8) is 0 Å². The Labute approximate surface area is 130 Å². The lowest BCUT2D eigenvalue weighted by Gasteiger charge is -2.20. The van der Waals surface area contributed by atoms with E-state index in [0.717, 1.165) is 17.7 Å². The molecule has 2 rings (SSSR count). The fourth-order valence-corrected chi connectivity index (χ4v) is 2.48. The summed E-state index contributed by atoms with van der Waals surface area (Å²) in [6, 6.07) is 5.20. The number of hydrogen-bond donors (Lipinski definition) is 2. The fraction of sp³-hybridized carbons (Fsp3) is 0.500. The highest BCUT2D eigenvalue weighted by atomic mass is 16.5. The second-order valence-electron chi connectivity index (χ2n) is 6.41. The van der Waals surface area contributed by atoms with Crippen molar-refractivity contribution in [2.45, 2.75) is 32.8 Å². The molecule has 6 heteroatoms. The third kappa shape index (κ3) is 3.69. The summed E-state index contributed by atoms with van der Waals surface area (Å²) in [6.45, 7) is 5.77. The summed E-state index contributed by atoms with van der Waals surface area (Å²) >= 11 is 0. The van der Waals surface area contributed by atoms with Crippen LogP contribution in [0.25, 0.3) is 0 Å². The van der Waals surface area contributed by atoms with E-state index in [2.05, 4.69) is 5.32 Å². The van der Waals surface area contributed by atoms with Crippen LogP contribution in [0.3, 0.4) is 0 Å². The van der Waals surface area contributed by atoms with E-state index in [0.29, 0.717) is 5.69 Å². The van der Waals surface area contributed by atoms with Crippen molar-refractivity contribution in [1.29, 1.82) is 0 Å². The average molecular weight is 306 g/mol. The van der Waals surface area contributed by atoms with E-state index in [4.69, 9.17) is 9.84 Å². The first-order chi connectivity index (χ1) is 10.2. The summed E-state index contributed by atoms with van der Waals surface area (Å²) in [5, 5.41) is 11.7. The maximum atomic E-state index is 12.1. The molecule has 1 aromatic rings. The van der Waals surface area contributed by atoms with Crippen LogP contribution in [0.1, 0.15) is 26.3 Å². The number of rotatable bonds is 4. The zero-order chi connectivity index (χ0) is 16.5. The number of nitrogens with zero attached hydrogens (tertiary/aromatic N) is 1. The molecule has 1 heterocycles. The lowest BCUT2D eigenvalue weighted by atomic mass is 10.0. The van der Waals surface area contributed by atoms with Gasteiger partial charge in [0, 0.05) is 31.3 Å². The molecule has 120 valence electrons. The van der Waals surface area contributed by atoms with Crippen LogP contribution < -0.4 is 10.1 Å². The molecule has 1 aliphatic heterocycles. The van der Waals surface area contributed by atoms with E-state index in [9.17, 15) is 9.59 Å². The molecule has 0 saturated carbocycles. The fourth-order valence-electron chi connectivity index (χ4n) is 2.48. The number of fused-ring (bicyclic) bond motifs is 1. The molecule has 2 amide bonds.